The molecule has 0 saturated carbocycles. The third kappa shape index (κ3) is 3.17. The number of aryl methyl sites for hydroxylation is 1. The summed E-state index contributed by atoms with van der Waals surface area (Å²) in [7, 11) is 0. The Balaban J connectivity index is 1.80. The molecule has 1 N–H and O–H groups in total. The maximum absolute atomic E-state index is 12.5. The normalized spacial score (nSPS) is 17.5. The molecule has 4 rings (SSSR count). The quantitative estimate of drug-likeness (QED) is 0.778. The predicted molar refractivity (Wildman–Crippen MR) is 102 cm³/mol. The summed E-state index contributed by atoms with van der Waals surface area (Å²) in [5.74, 6) is 0.869. The first-order valence-electron chi connectivity index (χ1n) is 9.21. The van der Waals surface area contributed by atoms with Gasteiger partial charge in [0.2, 0.25) is 0 Å². The molecule has 26 heavy (non-hydrogen) atoms. The standard InChI is InChI=1S/C20H24N4O2/c1-12(2)11-24-19-15(10-14-7-6-13(3)9-16(14)21-19)18(23-24)22-20(25)17-5-4-8-26-17/h6-7,9-10,12,17H,4-5,8,11H2,1-3H3,(H,22,23,25)/t17-/m1/s1. The highest BCUT2D eigenvalue weighted by Gasteiger charge is 2.25. The fourth-order valence-electron chi connectivity index (χ4n) is 3.41. The summed E-state index contributed by atoms with van der Waals surface area (Å²) in [5.41, 5.74) is 2.92. The highest BCUT2D eigenvalue weighted by molar-refractivity contribution is 6.03. The number of benzene rings is 1. The average Bonchev–Trinajstić information content (AvgIpc) is 3.22. The third-order valence-corrected chi connectivity index (χ3v) is 4.68. The number of pyridine rings is 1. The zero-order chi connectivity index (χ0) is 18.3. The van der Waals surface area contributed by atoms with E-state index in [1.165, 1.54) is 5.56 Å². The molecule has 136 valence electrons. The van der Waals surface area contributed by atoms with Gasteiger partial charge < -0.3 is 10.1 Å². The number of ether oxygens (including phenoxy) is 1. The minimum Gasteiger partial charge on any atom is -0.368 e. The number of aromatic nitrogens is 3. The van der Waals surface area contributed by atoms with Gasteiger partial charge in [0.1, 0.15) is 6.10 Å². The fourth-order valence-corrected chi connectivity index (χ4v) is 3.41. The van der Waals surface area contributed by atoms with E-state index in [4.69, 9.17) is 9.72 Å². The van der Waals surface area contributed by atoms with E-state index in [1.807, 2.05) is 4.68 Å². The lowest BCUT2D eigenvalue weighted by atomic mass is 10.1. The van der Waals surface area contributed by atoms with Crippen molar-refractivity contribution in [2.75, 3.05) is 11.9 Å². The van der Waals surface area contributed by atoms with Crippen LogP contribution in [0.3, 0.4) is 0 Å². The van der Waals surface area contributed by atoms with Crippen molar-refractivity contribution >= 4 is 33.7 Å². The Morgan fingerprint density at radius 2 is 2.23 bits per heavy atom. The molecule has 0 bridgehead atoms. The fraction of sp³-hybridized carbons (Fsp3) is 0.450. The molecule has 6 heteroatoms. The molecule has 0 spiro atoms. The minimum atomic E-state index is -0.378. The van der Waals surface area contributed by atoms with Crippen LogP contribution in [0, 0.1) is 12.8 Å². The molecule has 1 atom stereocenters. The van der Waals surface area contributed by atoms with Gasteiger partial charge in [0, 0.05) is 18.5 Å². The van der Waals surface area contributed by atoms with Gasteiger partial charge in [-0.2, -0.15) is 5.10 Å². The second-order valence-corrected chi connectivity index (χ2v) is 7.47. The van der Waals surface area contributed by atoms with Crippen molar-refractivity contribution in [3.05, 3.63) is 29.8 Å². The molecule has 1 aromatic carbocycles. The van der Waals surface area contributed by atoms with Gasteiger partial charge in [-0.15, -0.1) is 0 Å². The topological polar surface area (TPSA) is 69.0 Å². The van der Waals surface area contributed by atoms with E-state index >= 15 is 0 Å². The lowest BCUT2D eigenvalue weighted by Gasteiger charge is -2.08. The Hall–Kier alpha value is -2.47. The first-order valence-corrected chi connectivity index (χ1v) is 9.21. The van der Waals surface area contributed by atoms with E-state index in [2.05, 4.69) is 55.5 Å². The van der Waals surface area contributed by atoms with Crippen LogP contribution in [-0.2, 0) is 16.1 Å². The van der Waals surface area contributed by atoms with Crippen molar-refractivity contribution in [1.29, 1.82) is 0 Å². The van der Waals surface area contributed by atoms with Crippen molar-refractivity contribution in [2.45, 2.75) is 46.3 Å². The number of amides is 1. The van der Waals surface area contributed by atoms with Gasteiger partial charge in [0.15, 0.2) is 11.5 Å². The zero-order valence-corrected chi connectivity index (χ0v) is 15.5. The summed E-state index contributed by atoms with van der Waals surface area (Å²) >= 11 is 0. The molecule has 2 aromatic heterocycles. The Morgan fingerprint density at radius 1 is 1.38 bits per heavy atom. The van der Waals surface area contributed by atoms with E-state index in [-0.39, 0.29) is 12.0 Å². The molecular weight excluding hydrogens is 328 g/mol. The highest BCUT2D eigenvalue weighted by Crippen LogP contribution is 2.27. The van der Waals surface area contributed by atoms with Crippen molar-refractivity contribution in [3.8, 4) is 0 Å². The molecule has 3 heterocycles. The van der Waals surface area contributed by atoms with Gasteiger partial charge in [-0.05, 0) is 43.4 Å². The molecule has 0 aliphatic carbocycles. The van der Waals surface area contributed by atoms with E-state index in [9.17, 15) is 4.79 Å². The van der Waals surface area contributed by atoms with Crippen LogP contribution in [0.2, 0.25) is 0 Å². The van der Waals surface area contributed by atoms with Gasteiger partial charge in [-0.25, -0.2) is 9.67 Å². The van der Waals surface area contributed by atoms with Gasteiger partial charge >= 0.3 is 0 Å². The van der Waals surface area contributed by atoms with Crippen LogP contribution >= 0.6 is 0 Å². The Bertz CT molecular complexity index is 971. The van der Waals surface area contributed by atoms with E-state index in [0.29, 0.717) is 18.3 Å². The zero-order valence-electron chi connectivity index (χ0n) is 15.5. The molecule has 0 radical (unpaired) electrons. The second-order valence-electron chi connectivity index (χ2n) is 7.47. The van der Waals surface area contributed by atoms with Gasteiger partial charge in [-0.1, -0.05) is 26.0 Å². The lowest BCUT2D eigenvalue weighted by molar-refractivity contribution is -0.124. The monoisotopic (exact) mass is 352 g/mol. The molecule has 1 aliphatic heterocycles. The summed E-state index contributed by atoms with van der Waals surface area (Å²) in [4.78, 5) is 17.3. The largest absolute Gasteiger partial charge is 0.368 e. The van der Waals surface area contributed by atoms with Crippen LogP contribution in [0.15, 0.2) is 24.3 Å². The number of hydrogen-bond donors (Lipinski definition) is 1. The van der Waals surface area contributed by atoms with E-state index in [1.54, 1.807) is 0 Å². The minimum absolute atomic E-state index is 0.123. The molecule has 1 amide bonds. The Kier molecular flexibility index (Phi) is 4.36. The number of rotatable bonds is 4. The first-order chi connectivity index (χ1) is 12.5. The maximum atomic E-state index is 12.5. The molecule has 6 nitrogen and oxygen atoms in total. The molecular formula is C20H24N4O2. The smallest absolute Gasteiger partial charge is 0.254 e. The summed E-state index contributed by atoms with van der Waals surface area (Å²) in [5, 5.41) is 9.52. The summed E-state index contributed by atoms with van der Waals surface area (Å²) in [6.45, 7) is 7.74. The van der Waals surface area contributed by atoms with Crippen molar-refractivity contribution in [1.82, 2.24) is 14.8 Å². The highest BCUT2D eigenvalue weighted by atomic mass is 16.5. The van der Waals surface area contributed by atoms with Crippen LogP contribution in [-0.4, -0.2) is 33.4 Å². The molecule has 1 saturated heterocycles. The van der Waals surface area contributed by atoms with Crippen molar-refractivity contribution < 1.29 is 9.53 Å². The third-order valence-electron chi connectivity index (χ3n) is 4.68. The number of nitrogens with zero attached hydrogens (tertiary/aromatic N) is 3. The Labute approximate surface area is 152 Å². The number of hydrogen-bond acceptors (Lipinski definition) is 4. The first kappa shape index (κ1) is 17.0. The number of anilines is 1. The Morgan fingerprint density at radius 3 is 2.96 bits per heavy atom. The van der Waals surface area contributed by atoms with Crippen LogP contribution < -0.4 is 5.32 Å². The van der Waals surface area contributed by atoms with E-state index in [0.717, 1.165) is 41.3 Å². The predicted octanol–water partition coefficient (Wildman–Crippen LogP) is 3.67. The SMILES string of the molecule is Cc1ccc2cc3c(NC(=O)[C@H]4CCCO4)nn(CC(C)C)c3nc2c1. The van der Waals surface area contributed by atoms with Crippen molar-refractivity contribution in [3.63, 3.8) is 0 Å². The molecule has 1 fully saturated rings. The van der Waals surface area contributed by atoms with Gasteiger partial charge in [0.05, 0.1) is 10.9 Å². The molecule has 1 aliphatic rings. The number of fused-ring (bicyclic) bond motifs is 2. The maximum Gasteiger partial charge on any atom is 0.254 e. The summed E-state index contributed by atoms with van der Waals surface area (Å²) in [6, 6.07) is 8.26. The molecule has 0 unspecified atom stereocenters. The summed E-state index contributed by atoms with van der Waals surface area (Å²) in [6.07, 6.45) is 1.31. The summed E-state index contributed by atoms with van der Waals surface area (Å²) < 4.78 is 7.39. The average molecular weight is 352 g/mol. The second kappa shape index (κ2) is 6.68. The van der Waals surface area contributed by atoms with Gasteiger partial charge in [-0.3, -0.25) is 4.79 Å². The van der Waals surface area contributed by atoms with Crippen LogP contribution in [0.5, 0.6) is 0 Å². The number of carbonyl (C=O) groups is 1. The van der Waals surface area contributed by atoms with Crippen molar-refractivity contribution in [2.24, 2.45) is 5.92 Å². The van der Waals surface area contributed by atoms with E-state index < -0.39 is 0 Å². The number of carbonyl (C=O) groups excluding carboxylic acids is 1. The van der Waals surface area contributed by atoms with Gasteiger partial charge in [0.25, 0.3) is 5.91 Å². The lowest BCUT2D eigenvalue weighted by Crippen LogP contribution is -2.27. The molecule has 3 aromatic rings. The number of nitrogens with one attached hydrogen (secondary N) is 1. The van der Waals surface area contributed by atoms with Crippen LogP contribution in [0.4, 0.5) is 5.82 Å². The van der Waals surface area contributed by atoms with Crippen LogP contribution in [0.25, 0.3) is 21.9 Å². The van der Waals surface area contributed by atoms with Crippen LogP contribution in [0.1, 0.15) is 32.3 Å².